The van der Waals surface area contributed by atoms with Gasteiger partial charge in [0, 0.05) is 12.1 Å². The van der Waals surface area contributed by atoms with Gasteiger partial charge >= 0.3 is 0 Å². The molecule has 3 aromatic carbocycles. The maximum atomic E-state index is 13.0. The number of nitrogens with zero attached hydrogens (tertiary/aromatic N) is 2. The summed E-state index contributed by atoms with van der Waals surface area (Å²) >= 11 is 0. The molecule has 0 atom stereocenters. The van der Waals surface area contributed by atoms with E-state index in [1.807, 2.05) is 42.5 Å². The average molecular weight is 504 g/mol. The number of imidazole rings is 1. The van der Waals surface area contributed by atoms with Crippen LogP contribution < -0.4 is 24.3 Å². The van der Waals surface area contributed by atoms with Crippen molar-refractivity contribution in [3.8, 4) is 23.0 Å². The highest BCUT2D eigenvalue weighted by molar-refractivity contribution is 5.95. The molecule has 4 rings (SSSR count). The summed E-state index contributed by atoms with van der Waals surface area (Å²) in [6.45, 7) is 3.75. The number of benzene rings is 3. The van der Waals surface area contributed by atoms with Gasteiger partial charge in [0.25, 0.3) is 5.91 Å². The number of hydrogen-bond donors (Lipinski definition) is 1. The number of hydrogen-bond acceptors (Lipinski definition) is 6. The molecular formula is C29H33N3O5. The lowest BCUT2D eigenvalue weighted by molar-refractivity contribution is 0.0948. The molecule has 8 heteroatoms. The molecule has 1 N–H and O–H groups in total. The Morgan fingerprint density at radius 2 is 1.62 bits per heavy atom. The summed E-state index contributed by atoms with van der Waals surface area (Å²) in [6, 6.07) is 19.3. The zero-order valence-electron chi connectivity index (χ0n) is 21.7. The van der Waals surface area contributed by atoms with Crippen molar-refractivity contribution in [2.24, 2.45) is 0 Å². The van der Waals surface area contributed by atoms with Gasteiger partial charge in [-0.25, -0.2) is 4.98 Å². The maximum Gasteiger partial charge on any atom is 0.251 e. The number of aromatic nitrogens is 2. The highest BCUT2D eigenvalue weighted by atomic mass is 16.5. The second kappa shape index (κ2) is 12.2. The van der Waals surface area contributed by atoms with Gasteiger partial charge in [-0.1, -0.05) is 29.8 Å². The minimum Gasteiger partial charge on any atom is -0.494 e. The molecule has 0 saturated carbocycles. The normalized spacial score (nSPS) is 10.8. The number of unbranched alkanes of at least 4 members (excludes halogenated alkanes) is 1. The van der Waals surface area contributed by atoms with E-state index in [-0.39, 0.29) is 12.5 Å². The fraction of sp³-hybridized carbons (Fsp3) is 0.310. The SMILES string of the molecule is COc1cc(C(=O)NCc2nc3ccccc3n2CCCCOc2ccc(C)cc2)cc(OC)c1OC. The summed E-state index contributed by atoms with van der Waals surface area (Å²) in [5.41, 5.74) is 3.56. The number of aryl methyl sites for hydroxylation is 2. The Balaban J connectivity index is 1.42. The zero-order chi connectivity index (χ0) is 26.2. The average Bonchev–Trinajstić information content (AvgIpc) is 3.28. The zero-order valence-corrected chi connectivity index (χ0v) is 21.7. The summed E-state index contributed by atoms with van der Waals surface area (Å²) in [4.78, 5) is 17.8. The van der Waals surface area contributed by atoms with Crippen molar-refractivity contribution in [3.63, 3.8) is 0 Å². The molecule has 8 nitrogen and oxygen atoms in total. The van der Waals surface area contributed by atoms with Gasteiger partial charge < -0.3 is 28.8 Å². The third-order valence-corrected chi connectivity index (χ3v) is 6.13. The Kier molecular flexibility index (Phi) is 8.51. The molecule has 1 amide bonds. The van der Waals surface area contributed by atoms with Crippen molar-refractivity contribution in [2.75, 3.05) is 27.9 Å². The number of rotatable bonds is 12. The first-order valence-corrected chi connectivity index (χ1v) is 12.3. The quantitative estimate of drug-likeness (QED) is 0.269. The van der Waals surface area contributed by atoms with Gasteiger partial charge in [0.05, 0.1) is 45.5 Å². The van der Waals surface area contributed by atoms with Crippen molar-refractivity contribution in [2.45, 2.75) is 32.9 Å². The van der Waals surface area contributed by atoms with Gasteiger partial charge in [0.15, 0.2) is 11.5 Å². The van der Waals surface area contributed by atoms with Crippen LogP contribution in [0.4, 0.5) is 0 Å². The molecule has 0 fully saturated rings. The Morgan fingerprint density at radius 1 is 0.919 bits per heavy atom. The molecule has 0 spiro atoms. The van der Waals surface area contributed by atoms with Crippen LogP contribution in [0.3, 0.4) is 0 Å². The van der Waals surface area contributed by atoms with E-state index in [1.54, 1.807) is 12.1 Å². The lowest BCUT2D eigenvalue weighted by atomic mass is 10.1. The molecule has 1 aromatic heterocycles. The van der Waals surface area contributed by atoms with E-state index in [0.717, 1.165) is 42.0 Å². The van der Waals surface area contributed by atoms with Crippen molar-refractivity contribution < 1.29 is 23.7 Å². The molecule has 0 aliphatic rings. The van der Waals surface area contributed by atoms with Crippen LogP contribution in [0.2, 0.25) is 0 Å². The standard InChI is InChI=1S/C29H33N3O5/c1-20-11-13-22(14-12-20)37-16-8-7-15-32-24-10-6-5-9-23(24)31-27(32)19-30-29(33)21-17-25(34-2)28(36-4)26(18-21)35-3/h5-6,9-14,17-18H,7-8,15-16,19H2,1-4H3,(H,30,33). The molecule has 0 unspecified atom stereocenters. The first kappa shape index (κ1) is 25.9. The van der Waals surface area contributed by atoms with E-state index in [9.17, 15) is 4.79 Å². The number of nitrogens with one attached hydrogen (secondary N) is 1. The van der Waals surface area contributed by atoms with Crippen LogP contribution >= 0.6 is 0 Å². The molecule has 1 heterocycles. The Morgan fingerprint density at radius 3 is 2.30 bits per heavy atom. The van der Waals surface area contributed by atoms with Crippen molar-refractivity contribution in [1.82, 2.24) is 14.9 Å². The molecule has 194 valence electrons. The van der Waals surface area contributed by atoms with Crippen LogP contribution in [0.1, 0.15) is 34.6 Å². The van der Waals surface area contributed by atoms with E-state index in [1.165, 1.54) is 26.9 Å². The van der Waals surface area contributed by atoms with Crippen molar-refractivity contribution >= 4 is 16.9 Å². The topological polar surface area (TPSA) is 83.8 Å². The monoisotopic (exact) mass is 503 g/mol. The molecule has 0 aliphatic heterocycles. The van der Waals surface area contributed by atoms with Crippen molar-refractivity contribution in [1.29, 1.82) is 0 Å². The predicted octanol–water partition coefficient (Wildman–Crippen LogP) is 5.16. The lowest BCUT2D eigenvalue weighted by Gasteiger charge is -2.14. The number of para-hydroxylation sites is 2. The van der Waals surface area contributed by atoms with Gasteiger partial charge in [-0.3, -0.25) is 4.79 Å². The Labute approximate surface area is 217 Å². The van der Waals surface area contributed by atoms with Gasteiger partial charge in [-0.15, -0.1) is 0 Å². The van der Waals surface area contributed by atoms with E-state index in [4.69, 9.17) is 23.9 Å². The minimum absolute atomic E-state index is 0.260. The summed E-state index contributed by atoms with van der Waals surface area (Å²) < 4.78 is 24.1. The lowest BCUT2D eigenvalue weighted by Crippen LogP contribution is -2.25. The molecule has 0 saturated heterocycles. The number of fused-ring (bicyclic) bond motifs is 1. The second-order valence-corrected chi connectivity index (χ2v) is 8.63. The highest BCUT2D eigenvalue weighted by Crippen LogP contribution is 2.38. The number of ether oxygens (including phenoxy) is 4. The fourth-order valence-electron chi connectivity index (χ4n) is 4.18. The van der Waals surface area contributed by atoms with Crippen LogP contribution in [0.15, 0.2) is 60.7 Å². The fourth-order valence-corrected chi connectivity index (χ4v) is 4.18. The highest BCUT2D eigenvalue weighted by Gasteiger charge is 2.18. The summed E-state index contributed by atoms with van der Waals surface area (Å²) in [5.74, 6) is 2.70. The van der Waals surface area contributed by atoms with Crippen LogP contribution in [-0.4, -0.2) is 43.4 Å². The minimum atomic E-state index is -0.260. The van der Waals surface area contributed by atoms with Gasteiger partial charge in [-0.2, -0.15) is 0 Å². The number of amides is 1. The molecule has 0 aliphatic carbocycles. The third kappa shape index (κ3) is 6.14. The van der Waals surface area contributed by atoms with E-state index < -0.39 is 0 Å². The summed E-state index contributed by atoms with van der Waals surface area (Å²) in [5, 5.41) is 2.99. The second-order valence-electron chi connectivity index (χ2n) is 8.63. The first-order chi connectivity index (χ1) is 18.0. The van der Waals surface area contributed by atoms with E-state index in [0.29, 0.717) is 29.4 Å². The van der Waals surface area contributed by atoms with Crippen LogP contribution in [0.25, 0.3) is 11.0 Å². The van der Waals surface area contributed by atoms with E-state index in [2.05, 4.69) is 22.9 Å². The van der Waals surface area contributed by atoms with Gasteiger partial charge in [-0.05, 0) is 56.2 Å². The summed E-state index contributed by atoms with van der Waals surface area (Å²) in [7, 11) is 4.57. The number of carbonyl (C=O) groups is 1. The van der Waals surface area contributed by atoms with Gasteiger partial charge in [0.1, 0.15) is 11.6 Å². The molecule has 4 aromatic rings. The Hall–Kier alpha value is -4.20. The van der Waals surface area contributed by atoms with Crippen LogP contribution in [0, 0.1) is 6.92 Å². The molecule has 0 bridgehead atoms. The molecular weight excluding hydrogens is 470 g/mol. The van der Waals surface area contributed by atoms with Crippen LogP contribution in [-0.2, 0) is 13.1 Å². The van der Waals surface area contributed by atoms with E-state index >= 15 is 0 Å². The third-order valence-electron chi connectivity index (χ3n) is 6.13. The summed E-state index contributed by atoms with van der Waals surface area (Å²) in [6.07, 6.45) is 1.82. The molecule has 37 heavy (non-hydrogen) atoms. The Bertz CT molecular complexity index is 1320. The maximum absolute atomic E-state index is 13.0. The molecule has 0 radical (unpaired) electrons. The largest absolute Gasteiger partial charge is 0.494 e. The van der Waals surface area contributed by atoms with Crippen molar-refractivity contribution in [3.05, 3.63) is 77.6 Å². The number of carbonyl (C=O) groups excluding carboxylic acids is 1. The smallest absolute Gasteiger partial charge is 0.251 e. The van der Waals surface area contributed by atoms with Crippen LogP contribution in [0.5, 0.6) is 23.0 Å². The first-order valence-electron chi connectivity index (χ1n) is 12.3. The predicted molar refractivity (Wildman–Crippen MR) is 143 cm³/mol. The number of methoxy groups -OCH3 is 3. The van der Waals surface area contributed by atoms with Gasteiger partial charge in [0.2, 0.25) is 5.75 Å².